The van der Waals surface area contributed by atoms with Crippen LogP contribution in [0.25, 0.3) is 0 Å². The Bertz CT molecular complexity index is 1030. The van der Waals surface area contributed by atoms with Gasteiger partial charge in [-0.2, -0.15) is 5.10 Å². The number of piperazine rings is 1. The van der Waals surface area contributed by atoms with Crippen molar-refractivity contribution >= 4 is 23.2 Å². The average Bonchev–Trinajstić information content (AvgIpc) is 3.43. The first-order chi connectivity index (χ1) is 14.5. The molecule has 2 N–H and O–H groups in total. The number of carbonyl (C=O) groups excluding carboxylic acids is 2. The second kappa shape index (κ2) is 8.42. The van der Waals surface area contributed by atoms with Gasteiger partial charge in [-0.25, -0.2) is 0 Å². The van der Waals surface area contributed by atoms with Crippen LogP contribution in [-0.2, 0) is 13.7 Å². The predicted octanol–water partition coefficient (Wildman–Crippen LogP) is 1.72. The van der Waals surface area contributed by atoms with E-state index >= 15 is 0 Å². The highest BCUT2D eigenvalue weighted by Gasteiger charge is 2.24. The van der Waals surface area contributed by atoms with Gasteiger partial charge in [0.05, 0.1) is 0 Å². The summed E-state index contributed by atoms with van der Waals surface area (Å²) in [5.41, 5.74) is 2.27. The van der Waals surface area contributed by atoms with Gasteiger partial charge in [-0.05, 0) is 42.5 Å². The minimum absolute atomic E-state index is 0.00464. The predicted molar refractivity (Wildman–Crippen MR) is 110 cm³/mol. The number of amides is 2. The Labute approximate surface area is 173 Å². The van der Waals surface area contributed by atoms with E-state index in [1.807, 2.05) is 29.2 Å². The fraction of sp³-hybridized carbons (Fsp3) is 0.286. The van der Waals surface area contributed by atoms with E-state index in [1.54, 1.807) is 30.1 Å². The van der Waals surface area contributed by atoms with Crippen LogP contribution in [0.2, 0.25) is 0 Å². The molecule has 0 spiro atoms. The third-order valence-corrected chi connectivity index (χ3v) is 5.14. The number of aromatic nitrogens is 2. The Morgan fingerprint density at radius 1 is 1.07 bits per heavy atom. The lowest BCUT2D eigenvalue weighted by atomic mass is 10.2. The van der Waals surface area contributed by atoms with Gasteiger partial charge in [0.1, 0.15) is 18.1 Å². The smallest absolute Gasteiger partial charge is 0.291 e. The zero-order valence-electron chi connectivity index (χ0n) is 16.6. The largest absolute Gasteiger partial charge is 0.453 e. The standard InChI is InChI=1S/C21H23N5O4/c1-24-18(8-9-22-24)21(29)26-12-10-25(11-13-26)16-4-2-15(3-5-16)23-20(28)19-7-6-17(14-27)30-19/h2-9,27H,10-14H2,1H3,(H,23,28). The molecule has 2 aromatic heterocycles. The first-order valence-electron chi connectivity index (χ1n) is 9.68. The van der Waals surface area contributed by atoms with E-state index in [2.05, 4.69) is 15.3 Å². The number of hydrogen-bond acceptors (Lipinski definition) is 6. The fourth-order valence-corrected chi connectivity index (χ4v) is 3.45. The third-order valence-electron chi connectivity index (χ3n) is 5.14. The van der Waals surface area contributed by atoms with Crippen LogP contribution in [0, 0.1) is 0 Å². The van der Waals surface area contributed by atoms with Crippen molar-refractivity contribution in [2.24, 2.45) is 7.05 Å². The van der Waals surface area contributed by atoms with Crippen molar-refractivity contribution in [1.29, 1.82) is 0 Å². The normalized spacial score (nSPS) is 14.1. The summed E-state index contributed by atoms with van der Waals surface area (Å²) in [5.74, 6) is 0.119. The summed E-state index contributed by atoms with van der Waals surface area (Å²) < 4.78 is 6.83. The molecule has 9 nitrogen and oxygen atoms in total. The van der Waals surface area contributed by atoms with Crippen LogP contribution in [0.5, 0.6) is 0 Å². The molecule has 2 amide bonds. The SMILES string of the molecule is Cn1nccc1C(=O)N1CCN(c2ccc(NC(=O)c3ccc(CO)o3)cc2)CC1. The molecule has 0 saturated carbocycles. The molecular weight excluding hydrogens is 386 g/mol. The molecule has 0 radical (unpaired) electrons. The highest BCUT2D eigenvalue weighted by atomic mass is 16.4. The number of aliphatic hydroxyl groups excluding tert-OH is 1. The van der Waals surface area contributed by atoms with Gasteiger partial charge in [-0.3, -0.25) is 14.3 Å². The summed E-state index contributed by atoms with van der Waals surface area (Å²) in [5, 5.41) is 15.9. The van der Waals surface area contributed by atoms with Crippen LogP contribution in [0.15, 0.2) is 53.1 Å². The topological polar surface area (TPSA) is 104 Å². The average molecular weight is 409 g/mol. The highest BCUT2D eigenvalue weighted by molar-refractivity contribution is 6.02. The maximum atomic E-state index is 12.6. The first-order valence-corrected chi connectivity index (χ1v) is 9.68. The Hall–Kier alpha value is -3.59. The van der Waals surface area contributed by atoms with Gasteiger partial charge in [-0.15, -0.1) is 0 Å². The van der Waals surface area contributed by atoms with Crippen LogP contribution >= 0.6 is 0 Å². The molecule has 1 aliphatic heterocycles. The summed E-state index contributed by atoms with van der Waals surface area (Å²) in [6, 6.07) is 12.4. The Morgan fingerprint density at radius 2 is 1.80 bits per heavy atom. The summed E-state index contributed by atoms with van der Waals surface area (Å²) in [6.45, 7) is 2.47. The van der Waals surface area contributed by atoms with Crippen LogP contribution in [0.4, 0.5) is 11.4 Å². The third kappa shape index (κ3) is 4.06. The molecule has 3 heterocycles. The molecule has 9 heteroatoms. The van der Waals surface area contributed by atoms with E-state index in [0.29, 0.717) is 30.2 Å². The molecule has 0 aliphatic carbocycles. The van der Waals surface area contributed by atoms with Gasteiger partial charge in [0.25, 0.3) is 11.8 Å². The molecule has 156 valence electrons. The molecule has 3 aromatic rings. The van der Waals surface area contributed by atoms with E-state index in [0.717, 1.165) is 18.8 Å². The van der Waals surface area contributed by atoms with Crippen molar-refractivity contribution in [2.75, 3.05) is 36.4 Å². The molecule has 4 rings (SSSR count). The van der Waals surface area contributed by atoms with E-state index < -0.39 is 0 Å². The second-order valence-corrected chi connectivity index (χ2v) is 7.04. The van der Waals surface area contributed by atoms with Crippen LogP contribution in [-0.4, -0.2) is 57.8 Å². The van der Waals surface area contributed by atoms with Gasteiger partial charge in [0.2, 0.25) is 0 Å². The summed E-state index contributed by atoms with van der Waals surface area (Å²) in [7, 11) is 1.77. The van der Waals surface area contributed by atoms with Gasteiger partial charge in [-0.1, -0.05) is 0 Å². The molecule has 1 aliphatic rings. The van der Waals surface area contributed by atoms with Gasteiger partial charge < -0.3 is 24.6 Å². The lowest BCUT2D eigenvalue weighted by Gasteiger charge is -2.36. The second-order valence-electron chi connectivity index (χ2n) is 7.04. The molecule has 30 heavy (non-hydrogen) atoms. The van der Waals surface area contributed by atoms with Crippen molar-refractivity contribution in [3.8, 4) is 0 Å². The molecule has 1 fully saturated rings. The van der Waals surface area contributed by atoms with Crippen molar-refractivity contribution in [3.63, 3.8) is 0 Å². The maximum absolute atomic E-state index is 12.6. The Kier molecular flexibility index (Phi) is 5.53. The van der Waals surface area contributed by atoms with Gasteiger partial charge in [0, 0.05) is 50.8 Å². The van der Waals surface area contributed by atoms with Crippen LogP contribution < -0.4 is 10.2 Å². The number of aryl methyl sites for hydroxylation is 1. The zero-order valence-corrected chi connectivity index (χ0v) is 16.6. The number of furan rings is 1. The van der Waals surface area contributed by atoms with E-state index in [9.17, 15) is 9.59 Å². The number of nitrogens with zero attached hydrogens (tertiary/aromatic N) is 4. The summed E-state index contributed by atoms with van der Waals surface area (Å²) >= 11 is 0. The molecule has 0 atom stereocenters. The number of rotatable bonds is 5. The molecular formula is C21H23N5O4. The lowest BCUT2D eigenvalue weighted by Crippen LogP contribution is -2.49. The lowest BCUT2D eigenvalue weighted by molar-refractivity contribution is 0.0735. The number of carbonyl (C=O) groups is 2. The number of nitrogens with one attached hydrogen (secondary N) is 1. The molecule has 0 unspecified atom stereocenters. The molecule has 1 aromatic carbocycles. The minimum atomic E-state index is -0.371. The number of hydrogen-bond donors (Lipinski definition) is 2. The van der Waals surface area contributed by atoms with E-state index in [-0.39, 0.29) is 24.2 Å². The highest BCUT2D eigenvalue weighted by Crippen LogP contribution is 2.21. The number of aliphatic hydroxyl groups is 1. The van der Waals surface area contributed by atoms with Crippen molar-refractivity contribution in [3.05, 3.63) is 65.9 Å². The Morgan fingerprint density at radius 3 is 2.40 bits per heavy atom. The fourth-order valence-electron chi connectivity index (χ4n) is 3.45. The van der Waals surface area contributed by atoms with Crippen LogP contribution in [0.1, 0.15) is 26.8 Å². The number of anilines is 2. The molecule has 0 bridgehead atoms. The maximum Gasteiger partial charge on any atom is 0.291 e. The summed E-state index contributed by atoms with van der Waals surface area (Å²) in [6.07, 6.45) is 1.63. The first kappa shape index (κ1) is 19.7. The zero-order chi connectivity index (χ0) is 21.1. The van der Waals surface area contributed by atoms with Crippen molar-refractivity contribution < 1.29 is 19.1 Å². The van der Waals surface area contributed by atoms with E-state index in [1.165, 1.54) is 6.07 Å². The quantitative estimate of drug-likeness (QED) is 0.665. The molecule has 1 saturated heterocycles. The van der Waals surface area contributed by atoms with Crippen molar-refractivity contribution in [2.45, 2.75) is 6.61 Å². The summed E-state index contributed by atoms with van der Waals surface area (Å²) in [4.78, 5) is 28.9. The van der Waals surface area contributed by atoms with Crippen LogP contribution in [0.3, 0.4) is 0 Å². The van der Waals surface area contributed by atoms with E-state index in [4.69, 9.17) is 9.52 Å². The monoisotopic (exact) mass is 409 g/mol. The van der Waals surface area contributed by atoms with Gasteiger partial charge in [0.15, 0.2) is 5.76 Å². The Balaban J connectivity index is 1.33. The van der Waals surface area contributed by atoms with Gasteiger partial charge >= 0.3 is 0 Å². The number of benzene rings is 1. The van der Waals surface area contributed by atoms with Crippen molar-refractivity contribution in [1.82, 2.24) is 14.7 Å². The minimum Gasteiger partial charge on any atom is -0.453 e.